The third kappa shape index (κ3) is 2.52. The molecule has 0 spiro atoms. The third-order valence-electron chi connectivity index (χ3n) is 2.42. The van der Waals surface area contributed by atoms with E-state index in [0.29, 0.717) is 17.9 Å². The minimum Gasteiger partial charge on any atom is -0.397 e. The van der Waals surface area contributed by atoms with Crippen LogP contribution in [0.2, 0.25) is 0 Å². The molecular weight excluding hydrogens is 190 g/mol. The van der Waals surface area contributed by atoms with E-state index in [1.807, 2.05) is 17.7 Å². The van der Waals surface area contributed by atoms with Gasteiger partial charge in [-0.3, -0.25) is 4.79 Å². The van der Waals surface area contributed by atoms with Crippen molar-refractivity contribution >= 4 is 11.6 Å². The molecule has 0 aromatic carbocycles. The van der Waals surface area contributed by atoms with Crippen LogP contribution in [0.3, 0.4) is 0 Å². The van der Waals surface area contributed by atoms with Gasteiger partial charge < -0.3 is 15.2 Å². The molecule has 0 atom stereocenters. The van der Waals surface area contributed by atoms with Gasteiger partial charge in [-0.05, 0) is 19.4 Å². The third-order valence-corrected chi connectivity index (χ3v) is 2.42. The fourth-order valence-electron chi connectivity index (χ4n) is 1.48. The summed E-state index contributed by atoms with van der Waals surface area (Å²) in [5.41, 5.74) is 7.03. The molecule has 4 nitrogen and oxygen atoms in total. The van der Waals surface area contributed by atoms with Crippen LogP contribution in [0.15, 0.2) is 12.3 Å². The maximum Gasteiger partial charge on any atom is 0.270 e. The monoisotopic (exact) mass is 209 g/mol. The molecule has 0 aliphatic heterocycles. The lowest BCUT2D eigenvalue weighted by Gasteiger charge is -2.15. The van der Waals surface area contributed by atoms with Gasteiger partial charge in [-0.2, -0.15) is 0 Å². The SMILES string of the molecule is CCCn1cc(N)cc1C(=O)N(C)CC. The van der Waals surface area contributed by atoms with Crippen molar-refractivity contribution in [1.29, 1.82) is 0 Å². The summed E-state index contributed by atoms with van der Waals surface area (Å²) in [5, 5.41) is 0. The summed E-state index contributed by atoms with van der Waals surface area (Å²) < 4.78 is 1.92. The zero-order valence-corrected chi connectivity index (χ0v) is 9.66. The molecule has 84 valence electrons. The number of hydrogen-bond acceptors (Lipinski definition) is 2. The summed E-state index contributed by atoms with van der Waals surface area (Å²) in [6.45, 7) is 5.56. The van der Waals surface area contributed by atoms with Gasteiger partial charge in [-0.15, -0.1) is 0 Å². The van der Waals surface area contributed by atoms with Crippen molar-refractivity contribution in [2.75, 3.05) is 19.3 Å². The van der Waals surface area contributed by atoms with E-state index in [2.05, 4.69) is 6.92 Å². The summed E-state index contributed by atoms with van der Waals surface area (Å²) in [6, 6.07) is 1.74. The molecule has 0 aliphatic carbocycles. The number of nitrogen functional groups attached to an aromatic ring is 1. The highest BCUT2D eigenvalue weighted by Crippen LogP contribution is 2.13. The molecule has 0 aliphatic rings. The van der Waals surface area contributed by atoms with Crippen molar-refractivity contribution in [2.45, 2.75) is 26.8 Å². The first-order valence-corrected chi connectivity index (χ1v) is 5.31. The number of nitrogens with zero attached hydrogens (tertiary/aromatic N) is 2. The first-order valence-electron chi connectivity index (χ1n) is 5.31. The molecule has 0 unspecified atom stereocenters. The lowest BCUT2D eigenvalue weighted by atomic mass is 10.3. The Labute approximate surface area is 90.7 Å². The lowest BCUT2D eigenvalue weighted by molar-refractivity contribution is 0.0791. The normalized spacial score (nSPS) is 10.3. The Bertz CT molecular complexity index is 344. The van der Waals surface area contributed by atoms with Gasteiger partial charge in [0, 0.05) is 26.3 Å². The molecule has 0 bridgehead atoms. The highest BCUT2D eigenvalue weighted by molar-refractivity contribution is 5.93. The fraction of sp³-hybridized carbons (Fsp3) is 0.545. The topological polar surface area (TPSA) is 51.3 Å². The summed E-state index contributed by atoms with van der Waals surface area (Å²) in [6.07, 6.45) is 2.81. The average molecular weight is 209 g/mol. The second-order valence-corrected chi connectivity index (χ2v) is 3.67. The second-order valence-electron chi connectivity index (χ2n) is 3.67. The summed E-state index contributed by atoms with van der Waals surface area (Å²) in [7, 11) is 1.79. The molecule has 0 fully saturated rings. The lowest BCUT2D eigenvalue weighted by Crippen LogP contribution is -2.28. The maximum absolute atomic E-state index is 11.9. The summed E-state index contributed by atoms with van der Waals surface area (Å²) in [4.78, 5) is 13.6. The largest absolute Gasteiger partial charge is 0.397 e. The van der Waals surface area contributed by atoms with Crippen LogP contribution in [0, 0.1) is 0 Å². The molecule has 1 amide bonds. The number of anilines is 1. The van der Waals surface area contributed by atoms with Crippen LogP contribution in [0.1, 0.15) is 30.8 Å². The van der Waals surface area contributed by atoms with Crippen molar-refractivity contribution in [2.24, 2.45) is 0 Å². The van der Waals surface area contributed by atoms with Crippen molar-refractivity contribution in [3.8, 4) is 0 Å². The smallest absolute Gasteiger partial charge is 0.270 e. The van der Waals surface area contributed by atoms with Crippen LogP contribution >= 0.6 is 0 Å². The van der Waals surface area contributed by atoms with E-state index >= 15 is 0 Å². The minimum absolute atomic E-state index is 0.0302. The number of carbonyl (C=O) groups excluding carboxylic acids is 1. The number of rotatable bonds is 4. The number of aryl methyl sites for hydroxylation is 1. The summed E-state index contributed by atoms with van der Waals surface area (Å²) in [5.74, 6) is 0.0302. The molecular formula is C11H19N3O. The van der Waals surface area contributed by atoms with E-state index < -0.39 is 0 Å². The van der Waals surface area contributed by atoms with E-state index in [1.165, 1.54) is 0 Å². The highest BCUT2D eigenvalue weighted by Gasteiger charge is 2.15. The maximum atomic E-state index is 11.9. The van der Waals surface area contributed by atoms with Crippen molar-refractivity contribution < 1.29 is 4.79 Å². The number of nitrogens with two attached hydrogens (primary N) is 1. The molecule has 0 saturated heterocycles. The van der Waals surface area contributed by atoms with Crippen LogP contribution in [-0.4, -0.2) is 29.0 Å². The summed E-state index contributed by atoms with van der Waals surface area (Å²) >= 11 is 0. The van der Waals surface area contributed by atoms with Crippen LogP contribution in [0.5, 0.6) is 0 Å². The standard InChI is InChI=1S/C11H19N3O/c1-4-6-14-8-9(12)7-10(14)11(15)13(3)5-2/h7-8H,4-6,12H2,1-3H3. The Morgan fingerprint density at radius 3 is 2.73 bits per heavy atom. The first kappa shape index (κ1) is 11.6. The number of hydrogen-bond donors (Lipinski definition) is 1. The van der Waals surface area contributed by atoms with Gasteiger partial charge in [0.2, 0.25) is 0 Å². The van der Waals surface area contributed by atoms with Gasteiger partial charge in [0.15, 0.2) is 0 Å². The molecule has 2 N–H and O–H groups in total. The van der Waals surface area contributed by atoms with Crippen LogP contribution in [0.25, 0.3) is 0 Å². The quantitative estimate of drug-likeness (QED) is 0.818. The Kier molecular flexibility index (Phi) is 3.77. The van der Waals surface area contributed by atoms with Gasteiger partial charge in [0.05, 0.1) is 5.69 Å². The molecule has 1 aromatic rings. The predicted molar refractivity (Wildman–Crippen MR) is 61.8 cm³/mol. The van der Waals surface area contributed by atoms with E-state index in [0.717, 1.165) is 13.0 Å². The second kappa shape index (κ2) is 4.87. The van der Waals surface area contributed by atoms with Gasteiger partial charge in [0.25, 0.3) is 5.91 Å². The molecule has 0 radical (unpaired) electrons. The zero-order valence-electron chi connectivity index (χ0n) is 9.66. The average Bonchev–Trinajstić information content (AvgIpc) is 2.58. The number of aromatic nitrogens is 1. The van der Waals surface area contributed by atoms with Gasteiger partial charge in [-0.1, -0.05) is 6.92 Å². The van der Waals surface area contributed by atoms with Crippen LogP contribution in [0.4, 0.5) is 5.69 Å². The van der Waals surface area contributed by atoms with E-state index in [4.69, 9.17) is 5.73 Å². The van der Waals surface area contributed by atoms with Gasteiger partial charge in [-0.25, -0.2) is 0 Å². The Balaban J connectivity index is 2.96. The van der Waals surface area contributed by atoms with E-state index in [1.54, 1.807) is 18.0 Å². The molecule has 1 rings (SSSR count). The molecule has 15 heavy (non-hydrogen) atoms. The molecule has 0 saturated carbocycles. The van der Waals surface area contributed by atoms with E-state index in [-0.39, 0.29) is 5.91 Å². The van der Waals surface area contributed by atoms with Crippen molar-refractivity contribution in [3.05, 3.63) is 18.0 Å². The Hall–Kier alpha value is -1.45. The van der Waals surface area contributed by atoms with Crippen molar-refractivity contribution in [1.82, 2.24) is 9.47 Å². The number of amides is 1. The van der Waals surface area contributed by atoms with Gasteiger partial charge >= 0.3 is 0 Å². The predicted octanol–water partition coefficient (Wildman–Crippen LogP) is 1.57. The van der Waals surface area contributed by atoms with Gasteiger partial charge in [0.1, 0.15) is 5.69 Å². The Morgan fingerprint density at radius 2 is 2.20 bits per heavy atom. The fourth-order valence-corrected chi connectivity index (χ4v) is 1.48. The molecule has 1 heterocycles. The van der Waals surface area contributed by atoms with Crippen molar-refractivity contribution in [3.63, 3.8) is 0 Å². The molecule has 1 aromatic heterocycles. The molecule has 4 heteroatoms. The van der Waals surface area contributed by atoms with Crippen LogP contribution in [-0.2, 0) is 6.54 Å². The zero-order chi connectivity index (χ0) is 11.4. The number of carbonyl (C=O) groups is 1. The first-order chi connectivity index (χ1) is 7.10. The van der Waals surface area contributed by atoms with Crippen LogP contribution < -0.4 is 5.73 Å². The minimum atomic E-state index is 0.0302. The highest BCUT2D eigenvalue weighted by atomic mass is 16.2. The Morgan fingerprint density at radius 1 is 1.53 bits per heavy atom. The van der Waals surface area contributed by atoms with E-state index in [9.17, 15) is 4.79 Å².